The molecule has 94 valence electrons. The summed E-state index contributed by atoms with van der Waals surface area (Å²) in [6.07, 6.45) is -3.11. The van der Waals surface area contributed by atoms with Crippen molar-refractivity contribution in [3.05, 3.63) is 46.0 Å². The maximum absolute atomic E-state index is 12.5. The summed E-state index contributed by atoms with van der Waals surface area (Å²) < 4.78 is 41.0. The second-order valence-corrected chi connectivity index (χ2v) is 4.42. The third kappa shape index (κ3) is 2.40. The van der Waals surface area contributed by atoms with Crippen LogP contribution in [-0.4, -0.2) is 15.4 Å². The Morgan fingerprint density at radius 2 is 2.06 bits per heavy atom. The summed E-state index contributed by atoms with van der Waals surface area (Å²) in [7, 11) is 0. The van der Waals surface area contributed by atoms with Crippen molar-refractivity contribution in [3.63, 3.8) is 0 Å². The molecule has 0 unspecified atom stereocenters. The molecule has 0 saturated heterocycles. The van der Waals surface area contributed by atoms with E-state index in [9.17, 15) is 18.0 Å². The number of hydrogen-bond acceptors (Lipinski definition) is 4. The van der Waals surface area contributed by atoms with Crippen LogP contribution in [0.3, 0.4) is 0 Å². The normalized spacial score (nSPS) is 11.6. The molecule has 0 bridgehead atoms. The fourth-order valence-corrected chi connectivity index (χ4v) is 1.96. The zero-order valence-electron chi connectivity index (χ0n) is 9.15. The Labute approximate surface area is 104 Å². The van der Waals surface area contributed by atoms with Crippen LogP contribution >= 0.6 is 11.5 Å². The lowest BCUT2D eigenvalue weighted by Gasteiger charge is -2.09. The molecule has 0 aliphatic rings. The van der Waals surface area contributed by atoms with Gasteiger partial charge < -0.3 is 0 Å². The molecule has 0 radical (unpaired) electrons. The highest BCUT2D eigenvalue weighted by molar-refractivity contribution is 7.08. The second-order valence-electron chi connectivity index (χ2n) is 3.64. The smallest absolute Gasteiger partial charge is 0.288 e. The first-order valence-electron chi connectivity index (χ1n) is 4.89. The number of nitrogens with zero attached hydrogens (tertiary/aromatic N) is 2. The molecule has 3 nitrogen and oxygen atoms in total. The van der Waals surface area contributed by atoms with Crippen molar-refractivity contribution in [1.82, 2.24) is 9.59 Å². The summed E-state index contributed by atoms with van der Waals surface area (Å²) in [6.45, 7) is 1.47. The summed E-state index contributed by atoms with van der Waals surface area (Å²) in [6, 6.07) is 3.04. The quantitative estimate of drug-likeness (QED) is 0.789. The van der Waals surface area contributed by atoms with E-state index in [1.807, 2.05) is 0 Å². The van der Waals surface area contributed by atoms with Crippen LogP contribution in [0.25, 0.3) is 0 Å². The Morgan fingerprint density at radius 1 is 1.33 bits per heavy atom. The van der Waals surface area contributed by atoms with Crippen molar-refractivity contribution in [2.24, 2.45) is 0 Å². The van der Waals surface area contributed by atoms with Crippen molar-refractivity contribution >= 4 is 17.3 Å². The Balaban J connectivity index is 2.40. The minimum atomic E-state index is -4.40. The van der Waals surface area contributed by atoms with E-state index in [-0.39, 0.29) is 16.9 Å². The van der Waals surface area contributed by atoms with Crippen molar-refractivity contribution in [3.8, 4) is 0 Å². The standard InChI is InChI=1S/C11H7F3N2OS/c1-6-4-7(11(12,13)14)2-3-8(6)10(17)9-5-15-16-18-9/h2-5H,1H3. The number of aryl methyl sites for hydroxylation is 1. The van der Waals surface area contributed by atoms with Gasteiger partial charge in [-0.15, -0.1) is 5.10 Å². The molecule has 18 heavy (non-hydrogen) atoms. The van der Waals surface area contributed by atoms with Gasteiger partial charge in [0, 0.05) is 5.56 Å². The summed E-state index contributed by atoms with van der Waals surface area (Å²) >= 11 is 0.911. The number of aromatic nitrogens is 2. The number of ketones is 1. The molecule has 7 heteroatoms. The molecule has 0 amide bonds. The first-order valence-corrected chi connectivity index (χ1v) is 5.67. The van der Waals surface area contributed by atoms with E-state index < -0.39 is 11.7 Å². The van der Waals surface area contributed by atoms with Crippen LogP contribution in [0.1, 0.15) is 26.4 Å². The average Bonchev–Trinajstić information content (AvgIpc) is 2.80. The van der Waals surface area contributed by atoms with E-state index in [4.69, 9.17) is 0 Å². The summed E-state index contributed by atoms with van der Waals surface area (Å²) in [5.41, 5.74) is -0.253. The molecular formula is C11H7F3N2OS. The van der Waals surface area contributed by atoms with Crippen molar-refractivity contribution in [1.29, 1.82) is 0 Å². The van der Waals surface area contributed by atoms with E-state index >= 15 is 0 Å². The molecule has 1 aromatic heterocycles. The third-order valence-electron chi connectivity index (χ3n) is 2.38. The van der Waals surface area contributed by atoms with Gasteiger partial charge in [-0.25, -0.2) is 0 Å². The molecule has 0 saturated carbocycles. The van der Waals surface area contributed by atoms with Gasteiger partial charge in [0.2, 0.25) is 5.78 Å². The highest BCUT2D eigenvalue weighted by Crippen LogP contribution is 2.30. The van der Waals surface area contributed by atoms with Crippen molar-refractivity contribution in [2.75, 3.05) is 0 Å². The number of halogens is 3. The molecule has 0 N–H and O–H groups in total. The van der Waals surface area contributed by atoms with Gasteiger partial charge in [-0.1, -0.05) is 10.6 Å². The van der Waals surface area contributed by atoms with Crippen LogP contribution in [0.2, 0.25) is 0 Å². The van der Waals surface area contributed by atoms with Gasteiger partial charge >= 0.3 is 6.18 Å². The molecule has 0 aliphatic carbocycles. The van der Waals surface area contributed by atoms with Gasteiger partial charge in [0.05, 0.1) is 11.8 Å². The summed E-state index contributed by atoms with van der Waals surface area (Å²) in [5.74, 6) is -0.365. The first kappa shape index (κ1) is 12.7. The Bertz CT molecular complexity index is 578. The van der Waals surface area contributed by atoms with Crippen LogP contribution in [0.15, 0.2) is 24.4 Å². The predicted octanol–water partition coefficient (Wildman–Crippen LogP) is 3.10. The Hall–Kier alpha value is -1.76. The molecule has 0 atom stereocenters. The van der Waals surface area contributed by atoms with Gasteiger partial charge in [0.1, 0.15) is 4.88 Å². The maximum Gasteiger partial charge on any atom is 0.416 e. The van der Waals surface area contributed by atoms with E-state index in [2.05, 4.69) is 9.59 Å². The zero-order valence-corrected chi connectivity index (χ0v) is 9.97. The van der Waals surface area contributed by atoms with E-state index in [0.29, 0.717) is 4.88 Å². The Morgan fingerprint density at radius 3 is 2.56 bits per heavy atom. The van der Waals surface area contributed by atoms with Crippen molar-refractivity contribution < 1.29 is 18.0 Å². The lowest BCUT2D eigenvalue weighted by atomic mass is 10.0. The lowest BCUT2D eigenvalue weighted by molar-refractivity contribution is -0.137. The molecule has 1 heterocycles. The summed E-state index contributed by atoms with van der Waals surface area (Å²) in [4.78, 5) is 12.2. The van der Waals surface area contributed by atoms with Gasteiger partial charge in [-0.05, 0) is 36.2 Å². The highest BCUT2D eigenvalue weighted by atomic mass is 32.1. The first-order chi connectivity index (χ1) is 8.39. The summed E-state index contributed by atoms with van der Waals surface area (Å²) in [5, 5.41) is 3.52. The van der Waals surface area contributed by atoms with E-state index in [1.165, 1.54) is 19.2 Å². The zero-order chi connectivity index (χ0) is 13.3. The van der Waals surface area contributed by atoms with Crippen LogP contribution in [0.5, 0.6) is 0 Å². The second kappa shape index (κ2) is 4.49. The van der Waals surface area contributed by atoms with Crippen LogP contribution in [-0.2, 0) is 6.18 Å². The fraction of sp³-hybridized carbons (Fsp3) is 0.182. The predicted molar refractivity (Wildman–Crippen MR) is 59.5 cm³/mol. The number of carbonyl (C=O) groups excluding carboxylic acids is 1. The fourth-order valence-electron chi connectivity index (χ4n) is 1.49. The molecule has 1 aromatic carbocycles. The lowest BCUT2D eigenvalue weighted by Crippen LogP contribution is -2.08. The van der Waals surface area contributed by atoms with Gasteiger partial charge in [0.25, 0.3) is 0 Å². The van der Waals surface area contributed by atoms with E-state index in [0.717, 1.165) is 23.7 Å². The van der Waals surface area contributed by atoms with Crippen molar-refractivity contribution in [2.45, 2.75) is 13.1 Å². The van der Waals surface area contributed by atoms with Gasteiger partial charge in [0.15, 0.2) is 0 Å². The van der Waals surface area contributed by atoms with Crippen LogP contribution < -0.4 is 0 Å². The van der Waals surface area contributed by atoms with E-state index in [1.54, 1.807) is 0 Å². The number of hydrogen-bond donors (Lipinski definition) is 0. The van der Waals surface area contributed by atoms with Gasteiger partial charge in [-0.2, -0.15) is 13.2 Å². The molecule has 0 aliphatic heterocycles. The molecule has 2 aromatic rings. The maximum atomic E-state index is 12.5. The number of alkyl halides is 3. The minimum absolute atomic E-state index is 0.231. The molecule has 0 spiro atoms. The molecule has 0 fully saturated rings. The highest BCUT2D eigenvalue weighted by Gasteiger charge is 2.31. The number of carbonyl (C=O) groups is 1. The number of rotatable bonds is 2. The van der Waals surface area contributed by atoms with Gasteiger partial charge in [-0.3, -0.25) is 4.79 Å². The molecular weight excluding hydrogens is 265 g/mol. The number of benzene rings is 1. The SMILES string of the molecule is Cc1cc(C(F)(F)F)ccc1C(=O)c1cnns1. The Kier molecular flexibility index (Phi) is 3.16. The topological polar surface area (TPSA) is 42.9 Å². The molecule has 2 rings (SSSR count). The minimum Gasteiger partial charge on any atom is -0.288 e. The monoisotopic (exact) mass is 272 g/mol. The van der Waals surface area contributed by atoms with Crippen LogP contribution in [0.4, 0.5) is 13.2 Å². The largest absolute Gasteiger partial charge is 0.416 e. The average molecular weight is 272 g/mol. The van der Waals surface area contributed by atoms with Crippen LogP contribution in [0, 0.1) is 6.92 Å². The third-order valence-corrected chi connectivity index (χ3v) is 3.05.